The standard InChI is InChI=1S/C22H26ClFN2O2/c1-3-13-25-22(28)20(4-2)26(15-17-10-5-7-11-18(17)23)21(27)14-16-9-6-8-12-19(16)24/h5-12,20H,3-4,13-15H2,1-2H3,(H,25,28). The molecular formula is C22H26ClFN2O2. The van der Waals surface area contributed by atoms with Crippen LogP contribution in [0.15, 0.2) is 48.5 Å². The van der Waals surface area contributed by atoms with Crippen molar-refractivity contribution < 1.29 is 14.0 Å². The quantitative estimate of drug-likeness (QED) is 0.675. The van der Waals surface area contributed by atoms with Gasteiger partial charge in [0.15, 0.2) is 0 Å². The van der Waals surface area contributed by atoms with Crippen LogP contribution in [0.4, 0.5) is 4.39 Å². The molecule has 0 aromatic heterocycles. The molecule has 0 aliphatic heterocycles. The molecule has 0 saturated carbocycles. The van der Waals surface area contributed by atoms with E-state index >= 15 is 0 Å². The van der Waals surface area contributed by atoms with Gasteiger partial charge in [0.25, 0.3) is 0 Å². The van der Waals surface area contributed by atoms with E-state index in [0.717, 1.165) is 12.0 Å². The summed E-state index contributed by atoms with van der Waals surface area (Å²) in [5, 5.41) is 3.38. The summed E-state index contributed by atoms with van der Waals surface area (Å²) in [4.78, 5) is 27.3. The predicted octanol–water partition coefficient (Wildman–Crippen LogP) is 4.36. The number of hydrogen-bond donors (Lipinski definition) is 1. The largest absolute Gasteiger partial charge is 0.354 e. The number of carbonyl (C=O) groups excluding carboxylic acids is 2. The van der Waals surface area contributed by atoms with E-state index < -0.39 is 11.9 Å². The summed E-state index contributed by atoms with van der Waals surface area (Å²) in [6, 6.07) is 12.7. The summed E-state index contributed by atoms with van der Waals surface area (Å²) in [7, 11) is 0. The second kappa shape index (κ2) is 10.8. The lowest BCUT2D eigenvalue weighted by Crippen LogP contribution is -2.49. The average molecular weight is 405 g/mol. The Hall–Kier alpha value is -2.40. The fraction of sp³-hybridized carbons (Fsp3) is 0.364. The van der Waals surface area contributed by atoms with Crippen molar-refractivity contribution in [3.63, 3.8) is 0 Å². The maximum absolute atomic E-state index is 14.0. The van der Waals surface area contributed by atoms with E-state index in [9.17, 15) is 14.0 Å². The maximum atomic E-state index is 14.0. The molecule has 6 heteroatoms. The van der Waals surface area contributed by atoms with Gasteiger partial charge in [-0.05, 0) is 36.1 Å². The van der Waals surface area contributed by atoms with E-state index in [1.165, 1.54) is 11.0 Å². The van der Waals surface area contributed by atoms with Gasteiger partial charge < -0.3 is 10.2 Å². The van der Waals surface area contributed by atoms with Crippen LogP contribution in [-0.4, -0.2) is 29.3 Å². The molecule has 0 bridgehead atoms. The Bertz CT molecular complexity index is 813. The van der Waals surface area contributed by atoms with Crippen molar-refractivity contribution in [2.24, 2.45) is 0 Å². The summed E-state index contributed by atoms with van der Waals surface area (Å²) >= 11 is 6.27. The van der Waals surface area contributed by atoms with Crippen molar-refractivity contribution in [3.8, 4) is 0 Å². The second-order valence-electron chi connectivity index (χ2n) is 6.60. The molecule has 1 atom stereocenters. The van der Waals surface area contributed by atoms with Crippen molar-refractivity contribution in [1.82, 2.24) is 10.2 Å². The van der Waals surface area contributed by atoms with Gasteiger partial charge in [-0.25, -0.2) is 4.39 Å². The first-order valence-corrected chi connectivity index (χ1v) is 9.89. The van der Waals surface area contributed by atoms with Gasteiger partial charge in [0.1, 0.15) is 11.9 Å². The molecule has 1 unspecified atom stereocenters. The third kappa shape index (κ3) is 5.80. The van der Waals surface area contributed by atoms with E-state index in [0.29, 0.717) is 23.6 Å². The Balaban J connectivity index is 2.31. The smallest absolute Gasteiger partial charge is 0.242 e. The Kier molecular flexibility index (Phi) is 8.45. The van der Waals surface area contributed by atoms with Crippen molar-refractivity contribution in [1.29, 1.82) is 0 Å². The molecule has 2 amide bonds. The monoisotopic (exact) mass is 404 g/mol. The van der Waals surface area contributed by atoms with Gasteiger partial charge in [0, 0.05) is 18.1 Å². The van der Waals surface area contributed by atoms with Gasteiger partial charge in [0.2, 0.25) is 11.8 Å². The molecule has 0 spiro atoms. The van der Waals surface area contributed by atoms with Gasteiger partial charge in [0.05, 0.1) is 6.42 Å². The number of amides is 2. The molecule has 2 aromatic carbocycles. The van der Waals surface area contributed by atoms with Crippen molar-refractivity contribution in [3.05, 3.63) is 70.5 Å². The van der Waals surface area contributed by atoms with E-state index in [1.807, 2.05) is 32.0 Å². The van der Waals surface area contributed by atoms with Crippen LogP contribution in [0.25, 0.3) is 0 Å². The van der Waals surface area contributed by atoms with Crippen LogP contribution in [0.1, 0.15) is 37.8 Å². The fourth-order valence-electron chi connectivity index (χ4n) is 3.00. The van der Waals surface area contributed by atoms with E-state index in [1.54, 1.807) is 24.3 Å². The molecule has 2 aromatic rings. The molecule has 28 heavy (non-hydrogen) atoms. The minimum Gasteiger partial charge on any atom is -0.354 e. The van der Waals surface area contributed by atoms with Gasteiger partial charge in [-0.1, -0.05) is 61.8 Å². The molecule has 4 nitrogen and oxygen atoms in total. The number of nitrogens with zero attached hydrogens (tertiary/aromatic N) is 1. The summed E-state index contributed by atoms with van der Waals surface area (Å²) in [5.41, 5.74) is 1.05. The van der Waals surface area contributed by atoms with Crippen LogP contribution in [-0.2, 0) is 22.6 Å². The summed E-state index contributed by atoms with van der Waals surface area (Å²) < 4.78 is 14.0. The normalized spacial score (nSPS) is 11.7. The molecule has 2 rings (SSSR count). The molecule has 0 aliphatic rings. The zero-order valence-corrected chi connectivity index (χ0v) is 17.0. The van der Waals surface area contributed by atoms with Gasteiger partial charge in [-0.2, -0.15) is 0 Å². The van der Waals surface area contributed by atoms with E-state index in [-0.39, 0.29) is 24.8 Å². The lowest BCUT2D eigenvalue weighted by atomic mass is 10.1. The van der Waals surface area contributed by atoms with Crippen molar-refractivity contribution in [2.45, 2.75) is 45.7 Å². The van der Waals surface area contributed by atoms with Crippen LogP contribution >= 0.6 is 11.6 Å². The number of nitrogens with one attached hydrogen (secondary N) is 1. The summed E-state index contributed by atoms with van der Waals surface area (Å²) in [6.07, 6.45) is 1.13. The number of halogens is 2. The van der Waals surface area contributed by atoms with E-state index in [2.05, 4.69) is 5.32 Å². The minimum atomic E-state index is -0.651. The number of hydrogen-bond acceptors (Lipinski definition) is 2. The zero-order valence-electron chi connectivity index (χ0n) is 16.3. The molecular weight excluding hydrogens is 379 g/mol. The van der Waals surface area contributed by atoms with Crippen LogP contribution in [0.2, 0.25) is 5.02 Å². The minimum absolute atomic E-state index is 0.116. The molecule has 0 heterocycles. The van der Waals surface area contributed by atoms with Crippen LogP contribution in [0.5, 0.6) is 0 Å². The number of benzene rings is 2. The first-order valence-electron chi connectivity index (χ1n) is 9.51. The van der Waals surface area contributed by atoms with E-state index in [4.69, 9.17) is 11.6 Å². The van der Waals surface area contributed by atoms with Crippen LogP contribution in [0, 0.1) is 5.82 Å². The third-order valence-electron chi connectivity index (χ3n) is 4.53. The number of rotatable bonds is 9. The molecule has 1 N–H and O–H groups in total. The molecule has 0 saturated heterocycles. The Morgan fingerprint density at radius 1 is 1.07 bits per heavy atom. The SMILES string of the molecule is CCCNC(=O)C(CC)N(Cc1ccccc1Cl)C(=O)Cc1ccccc1F. The molecule has 0 fully saturated rings. The third-order valence-corrected chi connectivity index (χ3v) is 4.90. The maximum Gasteiger partial charge on any atom is 0.242 e. The average Bonchev–Trinajstić information content (AvgIpc) is 2.69. The first-order chi connectivity index (χ1) is 13.5. The zero-order chi connectivity index (χ0) is 20.5. The van der Waals surface area contributed by atoms with Crippen LogP contribution < -0.4 is 5.32 Å². The Morgan fingerprint density at radius 3 is 2.32 bits per heavy atom. The second-order valence-corrected chi connectivity index (χ2v) is 7.00. The lowest BCUT2D eigenvalue weighted by Gasteiger charge is -2.31. The van der Waals surface area contributed by atoms with Crippen LogP contribution in [0.3, 0.4) is 0 Å². The van der Waals surface area contributed by atoms with Crippen molar-refractivity contribution >= 4 is 23.4 Å². The first kappa shape index (κ1) is 21.9. The topological polar surface area (TPSA) is 49.4 Å². The molecule has 0 radical (unpaired) electrons. The highest BCUT2D eigenvalue weighted by molar-refractivity contribution is 6.31. The molecule has 150 valence electrons. The Morgan fingerprint density at radius 2 is 1.71 bits per heavy atom. The number of carbonyl (C=O) groups is 2. The lowest BCUT2D eigenvalue weighted by molar-refractivity contribution is -0.141. The van der Waals surface area contributed by atoms with Gasteiger partial charge in [-0.3, -0.25) is 9.59 Å². The summed E-state index contributed by atoms with van der Waals surface area (Å²) in [5.74, 6) is -0.959. The molecule has 0 aliphatic carbocycles. The highest BCUT2D eigenvalue weighted by atomic mass is 35.5. The van der Waals surface area contributed by atoms with Crippen molar-refractivity contribution in [2.75, 3.05) is 6.54 Å². The Labute approximate surface area is 170 Å². The highest BCUT2D eigenvalue weighted by Crippen LogP contribution is 2.21. The fourth-order valence-corrected chi connectivity index (χ4v) is 3.20. The van der Waals surface area contributed by atoms with Gasteiger partial charge in [-0.15, -0.1) is 0 Å². The van der Waals surface area contributed by atoms with Gasteiger partial charge >= 0.3 is 0 Å². The highest BCUT2D eigenvalue weighted by Gasteiger charge is 2.29. The predicted molar refractivity (Wildman–Crippen MR) is 109 cm³/mol. The summed E-state index contributed by atoms with van der Waals surface area (Å²) in [6.45, 7) is 4.54.